The number of carboxylic acid groups (broad SMARTS) is 1. The van der Waals surface area contributed by atoms with Crippen LogP contribution in [-0.4, -0.2) is 25.8 Å². The minimum absolute atomic E-state index is 0.0852. The predicted octanol–water partition coefficient (Wildman–Crippen LogP) is 0.692. The summed E-state index contributed by atoms with van der Waals surface area (Å²) in [6.07, 6.45) is 1.32. The van der Waals surface area contributed by atoms with Crippen LogP contribution in [0.25, 0.3) is 0 Å². The van der Waals surface area contributed by atoms with Crippen LogP contribution in [-0.2, 0) is 12.8 Å². The number of aromatic carboxylic acids is 1. The summed E-state index contributed by atoms with van der Waals surface area (Å²) in [7, 11) is 1.58. The summed E-state index contributed by atoms with van der Waals surface area (Å²) in [5, 5.41) is 15.4. The van der Waals surface area contributed by atoms with Gasteiger partial charge in [0.25, 0.3) is 0 Å². The van der Waals surface area contributed by atoms with Crippen molar-refractivity contribution in [2.75, 3.05) is 0 Å². The summed E-state index contributed by atoms with van der Waals surface area (Å²) in [5.41, 5.74) is 0.246. The summed E-state index contributed by atoms with van der Waals surface area (Å²) in [6, 6.07) is 1.58. The van der Waals surface area contributed by atoms with Gasteiger partial charge in [0.1, 0.15) is 0 Å². The van der Waals surface area contributed by atoms with Crippen molar-refractivity contribution < 1.29 is 14.3 Å². The van der Waals surface area contributed by atoms with Crippen LogP contribution in [0.15, 0.2) is 26.7 Å². The highest BCUT2D eigenvalue weighted by Crippen LogP contribution is 2.22. The normalized spacial score (nSPS) is 10.6. The van der Waals surface area contributed by atoms with Crippen LogP contribution in [0.1, 0.15) is 16.1 Å². The molecule has 7 nitrogen and oxygen atoms in total. The van der Waals surface area contributed by atoms with Gasteiger partial charge < -0.3 is 9.52 Å². The molecule has 0 aliphatic heterocycles. The van der Waals surface area contributed by atoms with Crippen molar-refractivity contribution in [1.29, 1.82) is 0 Å². The number of aromatic nitrogens is 3. The lowest BCUT2D eigenvalue weighted by Gasteiger charge is -1.98. The van der Waals surface area contributed by atoms with Crippen molar-refractivity contribution in [3.63, 3.8) is 0 Å². The number of carbonyl (C=O) groups is 1. The number of aromatic amines is 1. The van der Waals surface area contributed by atoms with E-state index in [0.717, 1.165) is 0 Å². The van der Waals surface area contributed by atoms with E-state index in [-0.39, 0.29) is 11.4 Å². The Morgan fingerprint density at radius 1 is 1.71 bits per heavy atom. The Balaban J connectivity index is 2.13. The predicted molar refractivity (Wildman–Crippen MR) is 59.1 cm³/mol. The first kappa shape index (κ1) is 11.5. The van der Waals surface area contributed by atoms with Crippen LogP contribution in [0, 0.1) is 0 Å². The first-order valence-corrected chi connectivity index (χ1v) is 5.62. The van der Waals surface area contributed by atoms with Crippen molar-refractivity contribution in [3.8, 4) is 0 Å². The first-order valence-electron chi connectivity index (χ1n) is 4.63. The maximum atomic E-state index is 11.1. The van der Waals surface area contributed by atoms with Crippen molar-refractivity contribution >= 4 is 17.7 Å². The van der Waals surface area contributed by atoms with E-state index in [1.54, 1.807) is 13.1 Å². The Bertz CT molecular complexity index is 597. The Labute approximate surface area is 99.4 Å². The van der Waals surface area contributed by atoms with Gasteiger partial charge in [-0.2, -0.15) is 0 Å². The fraction of sp³-hybridized carbons (Fsp3) is 0.222. The summed E-state index contributed by atoms with van der Waals surface area (Å²) >= 11 is 1.25. The summed E-state index contributed by atoms with van der Waals surface area (Å²) < 4.78 is 6.19. The lowest BCUT2D eigenvalue weighted by Crippen LogP contribution is -2.12. The van der Waals surface area contributed by atoms with Gasteiger partial charge in [-0.15, -0.1) is 5.10 Å². The number of H-pyrrole nitrogens is 1. The van der Waals surface area contributed by atoms with Gasteiger partial charge in [0.05, 0.1) is 6.26 Å². The number of furan rings is 1. The average molecular weight is 255 g/mol. The monoisotopic (exact) mass is 255 g/mol. The number of nitrogens with one attached hydrogen (secondary N) is 1. The Kier molecular flexibility index (Phi) is 3.05. The number of rotatable bonds is 4. The van der Waals surface area contributed by atoms with Crippen molar-refractivity contribution in [2.45, 2.75) is 10.9 Å². The number of hydrogen-bond acceptors (Lipinski definition) is 5. The van der Waals surface area contributed by atoms with Crippen LogP contribution in [0.4, 0.5) is 0 Å². The van der Waals surface area contributed by atoms with E-state index >= 15 is 0 Å². The molecule has 0 amide bonds. The Morgan fingerprint density at radius 2 is 2.47 bits per heavy atom. The molecule has 0 saturated heterocycles. The number of hydrogen-bond donors (Lipinski definition) is 2. The lowest BCUT2D eigenvalue weighted by atomic mass is 10.3. The molecule has 90 valence electrons. The van der Waals surface area contributed by atoms with E-state index in [1.807, 2.05) is 0 Å². The highest BCUT2D eigenvalue weighted by molar-refractivity contribution is 7.98. The molecule has 2 rings (SSSR count). The highest BCUT2D eigenvalue weighted by atomic mass is 32.2. The summed E-state index contributed by atoms with van der Waals surface area (Å²) in [4.78, 5) is 21.9. The van der Waals surface area contributed by atoms with Crippen LogP contribution in [0.2, 0.25) is 0 Å². The van der Waals surface area contributed by atoms with Gasteiger partial charge in [-0.3, -0.25) is 4.57 Å². The molecule has 0 atom stereocenters. The third-order valence-electron chi connectivity index (χ3n) is 2.14. The third kappa shape index (κ3) is 2.26. The van der Waals surface area contributed by atoms with Gasteiger partial charge in [-0.25, -0.2) is 14.7 Å². The van der Waals surface area contributed by atoms with Crippen molar-refractivity contribution in [1.82, 2.24) is 14.8 Å². The molecule has 0 aliphatic rings. The molecule has 0 unspecified atom stereocenters. The molecule has 2 heterocycles. The quantitative estimate of drug-likeness (QED) is 0.779. The smallest absolute Gasteiger partial charge is 0.372 e. The minimum Gasteiger partial charge on any atom is -0.475 e. The van der Waals surface area contributed by atoms with Crippen LogP contribution < -0.4 is 5.69 Å². The maximum absolute atomic E-state index is 11.1. The fourth-order valence-electron chi connectivity index (χ4n) is 1.24. The molecule has 17 heavy (non-hydrogen) atoms. The molecule has 0 radical (unpaired) electrons. The Morgan fingerprint density at radius 3 is 3.06 bits per heavy atom. The third-order valence-corrected chi connectivity index (χ3v) is 3.22. The van der Waals surface area contributed by atoms with Crippen LogP contribution >= 0.6 is 11.8 Å². The first-order chi connectivity index (χ1) is 8.09. The number of thioether (sulfide) groups is 1. The van der Waals surface area contributed by atoms with E-state index in [9.17, 15) is 9.59 Å². The van der Waals surface area contributed by atoms with Crippen LogP contribution in [0.5, 0.6) is 0 Å². The fourth-order valence-corrected chi connectivity index (χ4v) is 2.14. The van der Waals surface area contributed by atoms with Crippen LogP contribution in [0.3, 0.4) is 0 Å². The van der Waals surface area contributed by atoms with Gasteiger partial charge >= 0.3 is 11.7 Å². The van der Waals surface area contributed by atoms with Gasteiger partial charge in [-0.1, -0.05) is 11.8 Å². The molecule has 0 saturated carbocycles. The van der Waals surface area contributed by atoms with Gasteiger partial charge in [0.15, 0.2) is 5.16 Å². The molecule has 0 aliphatic carbocycles. The molecular formula is C9H9N3O4S. The standard InChI is InChI=1S/C9H9N3O4S/c1-12-8(15)10-11-9(12)17-4-5-2-3-16-6(5)7(13)14/h2-3H,4H2,1H3,(H,10,15)(H,13,14). The molecule has 0 bridgehead atoms. The number of carboxylic acids is 1. The molecular weight excluding hydrogens is 246 g/mol. The second-order valence-corrected chi connectivity index (χ2v) is 4.18. The van der Waals surface area contributed by atoms with Gasteiger partial charge in [-0.05, 0) is 6.07 Å². The second kappa shape index (κ2) is 4.50. The number of nitrogens with zero attached hydrogens (tertiary/aromatic N) is 2. The zero-order chi connectivity index (χ0) is 12.4. The highest BCUT2D eigenvalue weighted by Gasteiger charge is 2.15. The molecule has 2 aromatic rings. The molecule has 2 aromatic heterocycles. The maximum Gasteiger partial charge on any atom is 0.372 e. The molecule has 0 fully saturated rings. The van der Waals surface area contributed by atoms with Gasteiger partial charge in [0.2, 0.25) is 5.76 Å². The van der Waals surface area contributed by atoms with E-state index < -0.39 is 5.97 Å². The topological polar surface area (TPSA) is 101 Å². The minimum atomic E-state index is -1.11. The molecule has 8 heteroatoms. The zero-order valence-electron chi connectivity index (χ0n) is 8.84. The van der Waals surface area contributed by atoms with Crippen molar-refractivity contribution in [3.05, 3.63) is 34.1 Å². The van der Waals surface area contributed by atoms with Crippen molar-refractivity contribution in [2.24, 2.45) is 7.05 Å². The summed E-state index contributed by atoms with van der Waals surface area (Å²) in [5.74, 6) is -0.824. The molecule has 0 aromatic carbocycles. The van der Waals surface area contributed by atoms with Gasteiger partial charge in [0, 0.05) is 18.4 Å². The summed E-state index contributed by atoms with van der Waals surface area (Å²) in [6.45, 7) is 0. The Hall–Kier alpha value is -1.96. The van der Waals surface area contributed by atoms with E-state index in [1.165, 1.54) is 22.6 Å². The van der Waals surface area contributed by atoms with E-state index in [4.69, 9.17) is 9.52 Å². The van der Waals surface area contributed by atoms with E-state index in [2.05, 4.69) is 10.2 Å². The zero-order valence-corrected chi connectivity index (χ0v) is 9.65. The SMILES string of the molecule is Cn1c(SCc2ccoc2C(=O)O)n[nH]c1=O. The molecule has 0 spiro atoms. The largest absolute Gasteiger partial charge is 0.475 e. The average Bonchev–Trinajstić information content (AvgIpc) is 2.86. The molecule has 2 N–H and O–H groups in total. The second-order valence-electron chi connectivity index (χ2n) is 3.24. The van der Waals surface area contributed by atoms with E-state index in [0.29, 0.717) is 16.5 Å². The lowest BCUT2D eigenvalue weighted by molar-refractivity contribution is 0.0661.